The van der Waals surface area contributed by atoms with Crippen molar-refractivity contribution in [3.63, 3.8) is 0 Å². The van der Waals surface area contributed by atoms with Crippen molar-refractivity contribution < 1.29 is 19.8 Å². The van der Waals surface area contributed by atoms with Crippen LogP contribution in [-0.2, 0) is 9.59 Å². The zero-order chi connectivity index (χ0) is 23.6. The number of carboxylic acids is 1. The molecule has 0 unspecified atom stereocenters. The summed E-state index contributed by atoms with van der Waals surface area (Å²) in [6, 6.07) is 0. The molecule has 0 saturated heterocycles. The van der Waals surface area contributed by atoms with Gasteiger partial charge in [0.25, 0.3) is 0 Å². The number of rotatable bonds is 20. The maximum Gasteiger partial charge on any atom is 0.329 e. The number of nitrogens with zero attached hydrogens (tertiary/aromatic N) is 1. The van der Waals surface area contributed by atoms with Crippen molar-refractivity contribution >= 4 is 11.9 Å². The van der Waals surface area contributed by atoms with Gasteiger partial charge in [-0.05, 0) is 59.2 Å². The molecule has 0 rings (SSSR count). The first-order chi connectivity index (χ1) is 14.9. The second-order valence-electron chi connectivity index (χ2n) is 8.39. The van der Waals surface area contributed by atoms with Crippen LogP contribution in [-0.4, -0.2) is 60.8 Å². The molecule has 0 spiro atoms. The van der Waals surface area contributed by atoms with E-state index in [9.17, 15) is 4.79 Å². The lowest BCUT2D eigenvalue weighted by atomic mass is 10.1. The quantitative estimate of drug-likeness (QED) is 0.179. The molecule has 0 aromatic carbocycles. The molecule has 6 nitrogen and oxygen atoms in total. The maximum atomic E-state index is 11.7. The number of hydrogen-bond donors (Lipinski definition) is 3. The normalized spacial score (nSPS) is 10.9. The van der Waals surface area contributed by atoms with E-state index in [1.165, 1.54) is 77.0 Å². The lowest BCUT2D eigenvalue weighted by Gasteiger charge is -2.09. The van der Waals surface area contributed by atoms with Crippen LogP contribution in [0.5, 0.6) is 0 Å². The Morgan fingerprint density at radius 3 is 1.77 bits per heavy atom. The molecule has 31 heavy (non-hydrogen) atoms. The third-order valence-corrected chi connectivity index (χ3v) is 4.91. The number of carbonyl (C=O) groups is 2. The number of carbonyl (C=O) groups excluding carboxylic acids is 1. The van der Waals surface area contributed by atoms with Gasteiger partial charge in [-0.3, -0.25) is 4.79 Å². The first-order valence-corrected chi connectivity index (χ1v) is 12.3. The number of aliphatic hydroxyl groups is 1. The predicted molar refractivity (Wildman–Crippen MR) is 130 cm³/mol. The Morgan fingerprint density at radius 2 is 1.29 bits per heavy atom. The van der Waals surface area contributed by atoms with Crippen molar-refractivity contribution in [3.05, 3.63) is 12.2 Å². The van der Waals surface area contributed by atoms with E-state index in [1.807, 2.05) is 0 Å². The number of aliphatic hydroxyl groups excluding tert-OH is 1. The number of hydrogen-bond acceptors (Lipinski definition) is 4. The summed E-state index contributed by atoms with van der Waals surface area (Å²) in [6.07, 6.45) is 23.4. The summed E-state index contributed by atoms with van der Waals surface area (Å²) >= 11 is 0. The Bertz CT molecular complexity index is 426. The Morgan fingerprint density at radius 1 is 0.806 bits per heavy atom. The van der Waals surface area contributed by atoms with Gasteiger partial charge in [-0.15, -0.1) is 0 Å². The SMILES string of the molecule is CCCCCCCC/C=C\CCCCCCCC(=O)NCCCN(C)C.O=C(O)CO. The molecule has 1 amide bonds. The molecule has 0 heterocycles. The minimum Gasteiger partial charge on any atom is -0.480 e. The van der Waals surface area contributed by atoms with Crippen LogP contribution in [0.2, 0.25) is 0 Å². The summed E-state index contributed by atoms with van der Waals surface area (Å²) in [4.78, 5) is 23.0. The van der Waals surface area contributed by atoms with Gasteiger partial charge < -0.3 is 20.4 Å². The maximum absolute atomic E-state index is 11.7. The van der Waals surface area contributed by atoms with E-state index in [1.54, 1.807) is 0 Å². The summed E-state index contributed by atoms with van der Waals surface area (Å²) in [5.74, 6) is -0.966. The molecule has 3 N–H and O–H groups in total. The van der Waals surface area contributed by atoms with E-state index in [-0.39, 0.29) is 5.91 Å². The molecule has 0 aliphatic heterocycles. The molecular weight excluding hydrogens is 392 g/mol. The average Bonchev–Trinajstić information content (AvgIpc) is 2.74. The summed E-state index contributed by atoms with van der Waals surface area (Å²) in [5, 5.41) is 18.0. The Balaban J connectivity index is 0. The molecule has 0 radical (unpaired) electrons. The molecule has 0 saturated carbocycles. The van der Waals surface area contributed by atoms with Gasteiger partial charge in [0, 0.05) is 13.0 Å². The summed E-state index contributed by atoms with van der Waals surface area (Å²) in [6.45, 7) is 3.34. The molecule has 6 heteroatoms. The van der Waals surface area contributed by atoms with Crippen LogP contribution in [0.15, 0.2) is 12.2 Å². The summed E-state index contributed by atoms with van der Waals surface area (Å²) < 4.78 is 0. The standard InChI is InChI=1S/C23H46N2O.C2H4O3/c1-4-5-6-7-8-9-10-11-12-13-14-15-16-17-18-20-23(26)24-21-19-22-25(2)3;3-1-2(4)5/h11-12H,4-10,13-22H2,1-3H3,(H,24,26);3H,1H2,(H,4,5)/b12-11-;. The topological polar surface area (TPSA) is 89.9 Å². The fraction of sp³-hybridized carbons (Fsp3) is 0.840. The zero-order valence-corrected chi connectivity index (χ0v) is 20.5. The second-order valence-corrected chi connectivity index (χ2v) is 8.39. The molecule has 184 valence electrons. The van der Waals surface area contributed by atoms with Crippen molar-refractivity contribution in [1.82, 2.24) is 10.2 Å². The Labute approximate surface area is 191 Å². The number of carboxylic acid groups (broad SMARTS) is 1. The fourth-order valence-corrected chi connectivity index (χ4v) is 3.07. The molecular formula is C25H50N2O4. The Kier molecular flexibility index (Phi) is 27.3. The van der Waals surface area contributed by atoms with Crippen LogP contribution in [0.25, 0.3) is 0 Å². The van der Waals surface area contributed by atoms with Crippen LogP contribution in [0.3, 0.4) is 0 Å². The van der Waals surface area contributed by atoms with Crippen molar-refractivity contribution in [2.45, 2.75) is 103 Å². The van der Waals surface area contributed by atoms with Crippen LogP contribution in [0.4, 0.5) is 0 Å². The third-order valence-electron chi connectivity index (χ3n) is 4.91. The summed E-state index contributed by atoms with van der Waals surface area (Å²) in [7, 11) is 4.13. The highest BCUT2D eigenvalue weighted by molar-refractivity contribution is 5.75. The number of allylic oxidation sites excluding steroid dienone is 2. The van der Waals surface area contributed by atoms with Gasteiger partial charge in [0.05, 0.1) is 0 Å². The molecule has 0 aliphatic carbocycles. The van der Waals surface area contributed by atoms with E-state index >= 15 is 0 Å². The van der Waals surface area contributed by atoms with Gasteiger partial charge in [0.15, 0.2) is 0 Å². The fourth-order valence-electron chi connectivity index (χ4n) is 3.07. The number of amides is 1. The average molecular weight is 443 g/mol. The predicted octanol–water partition coefficient (Wildman–Crippen LogP) is 5.16. The minimum atomic E-state index is -1.19. The monoisotopic (exact) mass is 442 g/mol. The number of nitrogens with one attached hydrogen (secondary N) is 1. The molecule has 0 fully saturated rings. The van der Waals surface area contributed by atoms with E-state index in [4.69, 9.17) is 15.0 Å². The highest BCUT2D eigenvalue weighted by Gasteiger charge is 2.00. The molecule has 0 aromatic rings. The number of aliphatic carboxylic acids is 1. The molecule has 0 bridgehead atoms. The van der Waals surface area contributed by atoms with E-state index in [0.29, 0.717) is 6.42 Å². The second kappa shape index (κ2) is 26.6. The molecule has 0 atom stereocenters. The lowest BCUT2D eigenvalue weighted by Crippen LogP contribution is -2.26. The smallest absolute Gasteiger partial charge is 0.329 e. The van der Waals surface area contributed by atoms with Crippen molar-refractivity contribution in [2.75, 3.05) is 33.8 Å². The van der Waals surface area contributed by atoms with Crippen molar-refractivity contribution in [3.8, 4) is 0 Å². The highest BCUT2D eigenvalue weighted by Crippen LogP contribution is 2.09. The van der Waals surface area contributed by atoms with Crippen LogP contribution in [0.1, 0.15) is 103 Å². The zero-order valence-electron chi connectivity index (χ0n) is 20.5. The minimum absolute atomic E-state index is 0.224. The first-order valence-electron chi connectivity index (χ1n) is 12.3. The van der Waals surface area contributed by atoms with Crippen LogP contribution < -0.4 is 5.32 Å². The van der Waals surface area contributed by atoms with E-state index < -0.39 is 12.6 Å². The van der Waals surface area contributed by atoms with Crippen molar-refractivity contribution in [2.24, 2.45) is 0 Å². The van der Waals surface area contributed by atoms with Gasteiger partial charge in [-0.2, -0.15) is 0 Å². The lowest BCUT2D eigenvalue weighted by molar-refractivity contribution is -0.140. The van der Waals surface area contributed by atoms with Gasteiger partial charge in [0.1, 0.15) is 6.61 Å². The van der Waals surface area contributed by atoms with Gasteiger partial charge in [0.2, 0.25) is 5.91 Å². The van der Waals surface area contributed by atoms with Gasteiger partial charge in [-0.25, -0.2) is 4.79 Å². The van der Waals surface area contributed by atoms with E-state index in [0.717, 1.165) is 25.9 Å². The largest absolute Gasteiger partial charge is 0.480 e. The van der Waals surface area contributed by atoms with Crippen LogP contribution >= 0.6 is 0 Å². The van der Waals surface area contributed by atoms with Crippen LogP contribution in [0, 0.1) is 0 Å². The third kappa shape index (κ3) is 33.4. The van der Waals surface area contributed by atoms with Crippen molar-refractivity contribution in [1.29, 1.82) is 0 Å². The first kappa shape index (κ1) is 31.8. The summed E-state index contributed by atoms with van der Waals surface area (Å²) in [5.41, 5.74) is 0. The van der Waals surface area contributed by atoms with E-state index in [2.05, 4.69) is 43.4 Å². The van der Waals surface area contributed by atoms with Gasteiger partial charge >= 0.3 is 5.97 Å². The number of unbranched alkanes of at least 4 members (excludes halogenated alkanes) is 11. The molecule has 0 aliphatic rings. The van der Waals surface area contributed by atoms with Gasteiger partial charge in [-0.1, -0.05) is 70.4 Å². The Hall–Kier alpha value is -1.40. The molecule has 0 aromatic heterocycles. The highest BCUT2D eigenvalue weighted by atomic mass is 16.4.